The molecule has 1 fully saturated rings. The van der Waals surface area contributed by atoms with Gasteiger partial charge in [0.2, 0.25) is 11.8 Å². The minimum absolute atomic E-state index is 0.0781. The number of ether oxygens (including phenoxy) is 3. The molecule has 3 heterocycles. The van der Waals surface area contributed by atoms with Gasteiger partial charge in [0, 0.05) is 17.0 Å². The highest BCUT2D eigenvalue weighted by Gasteiger charge is 2.54. The van der Waals surface area contributed by atoms with E-state index in [0.717, 1.165) is 17.5 Å². The van der Waals surface area contributed by atoms with E-state index < -0.39 is 68.6 Å². The van der Waals surface area contributed by atoms with Gasteiger partial charge in [-0.2, -0.15) is 15.1 Å². The fraction of sp³-hybridized carbons (Fsp3) is 0.312. The monoisotopic (exact) mass is 714 g/mol. The van der Waals surface area contributed by atoms with Gasteiger partial charge in [-0.3, -0.25) is 13.9 Å². The Labute approximate surface area is 283 Å². The Morgan fingerprint density at radius 1 is 1.18 bits per heavy atom. The highest BCUT2D eigenvalue weighted by atomic mass is 31.2. The molecule has 6 unspecified atom stereocenters. The Morgan fingerprint density at radius 3 is 2.70 bits per heavy atom. The highest BCUT2D eigenvalue weighted by molar-refractivity contribution is 7.52. The summed E-state index contributed by atoms with van der Waals surface area (Å²) in [5, 5.41) is 26.4. The van der Waals surface area contributed by atoms with E-state index >= 15 is 0 Å². The lowest BCUT2D eigenvalue weighted by Gasteiger charge is -2.27. The molecule has 5 aromatic rings. The predicted octanol–water partition coefficient (Wildman–Crippen LogP) is 3.78. The number of esters is 1. The van der Waals surface area contributed by atoms with Crippen LogP contribution >= 0.6 is 7.75 Å². The van der Waals surface area contributed by atoms with Crippen LogP contribution in [0.25, 0.3) is 21.9 Å². The van der Waals surface area contributed by atoms with E-state index in [9.17, 15) is 28.4 Å². The van der Waals surface area contributed by atoms with Crippen molar-refractivity contribution in [1.29, 1.82) is 0 Å². The first-order chi connectivity index (χ1) is 23.8. The molecule has 1 aliphatic rings. The molecular weight excluding hydrogens is 681 g/mol. The van der Waals surface area contributed by atoms with Crippen molar-refractivity contribution >= 4 is 41.6 Å². The molecule has 18 heteroatoms. The van der Waals surface area contributed by atoms with Crippen LogP contribution in [-0.4, -0.2) is 73.3 Å². The van der Waals surface area contributed by atoms with Crippen molar-refractivity contribution in [3.63, 3.8) is 0 Å². The Kier molecular flexibility index (Phi) is 9.72. The number of aliphatic hydroxyl groups excluding tert-OH is 1. The Morgan fingerprint density at radius 2 is 1.94 bits per heavy atom. The first kappa shape index (κ1) is 35.1. The second-order valence-corrected chi connectivity index (χ2v) is 13.4. The van der Waals surface area contributed by atoms with Crippen molar-refractivity contribution in [2.45, 2.75) is 50.5 Å². The van der Waals surface area contributed by atoms with Crippen LogP contribution in [0.2, 0.25) is 0 Å². The Bertz CT molecular complexity index is 2100. The lowest BCUT2D eigenvalue weighted by molar-refractivity contribution is -0.146. The number of fused-ring (bicyclic) bond motifs is 2. The topological polar surface area (TPSA) is 202 Å². The molecule has 0 saturated carbocycles. The summed E-state index contributed by atoms with van der Waals surface area (Å²) in [5.41, 5.74) is 4.16. The number of halogens is 2. The van der Waals surface area contributed by atoms with E-state index in [4.69, 9.17) is 29.0 Å². The maximum absolute atomic E-state index is 14.4. The molecule has 1 aliphatic heterocycles. The Balaban J connectivity index is 1.23. The maximum Gasteiger partial charge on any atom is 0.459 e. The maximum atomic E-state index is 14.4. The van der Waals surface area contributed by atoms with Gasteiger partial charge in [-0.05, 0) is 37.4 Å². The van der Waals surface area contributed by atoms with Crippen LogP contribution < -0.4 is 20.1 Å². The highest BCUT2D eigenvalue weighted by Crippen LogP contribution is 2.48. The molecule has 15 nitrogen and oxygen atoms in total. The summed E-state index contributed by atoms with van der Waals surface area (Å²) >= 11 is 0. The SMILES string of the molecule is COc1nc(N)nc2c1ncn2C1OC(COP(=O)(NC(C)C(=O)OCc2ccc(F)cc2F)Oc2cccc3ccccc23)C(O)C1(C)O. The molecule has 3 aromatic carbocycles. The number of nitrogens with one attached hydrogen (secondary N) is 1. The van der Waals surface area contributed by atoms with Crippen LogP contribution in [0.15, 0.2) is 67.0 Å². The summed E-state index contributed by atoms with van der Waals surface area (Å²) in [4.78, 5) is 25.3. The second-order valence-electron chi connectivity index (χ2n) is 11.7. The minimum atomic E-state index is -4.54. The summed E-state index contributed by atoms with van der Waals surface area (Å²) < 4.78 is 71.3. The standard InChI is InChI=1S/C32H33F2N6O9P/c1-17(29(42)46-14-19-11-12-20(33)13-22(19)34)39-50(44,49-23-10-6-8-18-7-4-5-9-21(18)23)47-15-24-26(41)32(2,43)30(48-24)40-16-36-25-27(40)37-31(35)38-28(25)45-3/h4-13,16-17,24,26,30,41,43H,14-15H2,1-3H3,(H,39,44)(H2,35,37,38). The zero-order valence-electron chi connectivity index (χ0n) is 26.9. The van der Waals surface area contributed by atoms with Crippen LogP contribution in [0.3, 0.4) is 0 Å². The molecule has 6 rings (SSSR count). The van der Waals surface area contributed by atoms with Crippen LogP contribution in [0.5, 0.6) is 11.6 Å². The van der Waals surface area contributed by atoms with Crippen LogP contribution in [0.4, 0.5) is 14.7 Å². The van der Waals surface area contributed by atoms with E-state index in [0.29, 0.717) is 11.5 Å². The summed E-state index contributed by atoms with van der Waals surface area (Å²) in [7, 11) is -3.17. The van der Waals surface area contributed by atoms with E-state index in [-0.39, 0.29) is 34.3 Å². The molecule has 0 radical (unpaired) electrons. The number of anilines is 1. The van der Waals surface area contributed by atoms with Crippen molar-refractivity contribution in [3.05, 3.63) is 84.2 Å². The van der Waals surface area contributed by atoms with Crippen molar-refractivity contribution in [1.82, 2.24) is 24.6 Å². The zero-order valence-corrected chi connectivity index (χ0v) is 27.8. The normalized spacial score (nSPS) is 22.3. The third kappa shape index (κ3) is 6.96. The summed E-state index contributed by atoms with van der Waals surface area (Å²) in [6, 6.07) is 13.6. The number of imidazole rings is 1. The average Bonchev–Trinajstić information content (AvgIpc) is 3.59. The van der Waals surface area contributed by atoms with E-state index in [1.54, 1.807) is 24.3 Å². The molecule has 0 amide bonds. The lowest BCUT2D eigenvalue weighted by Crippen LogP contribution is -2.44. The number of hydrogen-bond acceptors (Lipinski definition) is 13. The fourth-order valence-electron chi connectivity index (χ4n) is 5.47. The smallest absolute Gasteiger partial charge is 0.459 e. The van der Waals surface area contributed by atoms with Gasteiger partial charge in [0.05, 0.1) is 20.0 Å². The van der Waals surface area contributed by atoms with Gasteiger partial charge in [0.1, 0.15) is 47.8 Å². The van der Waals surface area contributed by atoms with Crippen LogP contribution in [0, 0.1) is 11.6 Å². The molecule has 6 atom stereocenters. The van der Waals surface area contributed by atoms with Gasteiger partial charge in [0.15, 0.2) is 17.4 Å². The van der Waals surface area contributed by atoms with Crippen molar-refractivity contribution in [2.24, 2.45) is 0 Å². The van der Waals surface area contributed by atoms with Crippen molar-refractivity contribution in [2.75, 3.05) is 19.5 Å². The van der Waals surface area contributed by atoms with Gasteiger partial charge >= 0.3 is 13.7 Å². The molecule has 0 spiro atoms. The number of rotatable bonds is 12. The molecule has 50 heavy (non-hydrogen) atoms. The number of benzene rings is 3. The van der Waals surface area contributed by atoms with Gasteiger partial charge in [-0.25, -0.2) is 18.3 Å². The molecule has 264 valence electrons. The van der Waals surface area contributed by atoms with E-state index in [1.165, 1.54) is 31.9 Å². The minimum Gasteiger partial charge on any atom is -0.479 e. The average molecular weight is 715 g/mol. The van der Waals surface area contributed by atoms with Gasteiger partial charge in [0.25, 0.3) is 0 Å². The third-order valence-corrected chi connectivity index (χ3v) is 9.70. The first-order valence-corrected chi connectivity index (χ1v) is 16.7. The number of nitrogens with two attached hydrogens (primary N) is 1. The number of nitrogens with zero attached hydrogens (tertiary/aromatic N) is 4. The number of aromatic nitrogens is 4. The fourth-order valence-corrected chi connectivity index (χ4v) is 6.99. The van der Waals surface area contributed by atoms with Gasteiger partial charge < -0.3 is 34.7 Å². The van der Waals surface area contributed by atoms with Crippen LogP contribution in [0.1, 0.15) is 25.6 Å². The van der Waals surface area contributed by atoms with Crippen molar-refractivity contribution in [3.8, 4) is 11.6 Å². The molecule has 5 N–H and O–H groups in total. The van der Waals surface area contributed by atoms with Gasteiger partial charge in [-0.1, -0.05) is 36.4 Å². The molecule has 0 aliphatic carbocycles. The van der Waals surface area contributed by atoms with Crippen molar-refractivity contribution < 1.29 is 51.6 Å². The van der Waals surface area contributed by atoms with Gasteiger partial charge in [-0.15, -0.1) is 0 Å². The molecule has 0 bridgehead atoms. The van der Waals surface area contributed by atoms with Crippen LogP contribution in [-0.2, 0) is 30.0 Å². The van der Waals surface area contributed by atoms with E-state index in [1.807, 2.05) is 18.2 Å². The number of carbonyl (C=O) groups is 1. The molecule has 2 aromatic heterocycles. The summed E-state index contributed by atoms with van der Waals surface area (Å²) in [5.74, 6) is -2.57. The second kappa shape index (κ2) is 13.9. The largest absolute Gasteiger partial charge is 0.479 e. The number of methoxy groups -OCH3 is 1. The number of carbonyl (C=O) groups excluding carboxylic acids is 1. The number of aliphatic hydroxyl groups is 2. The van der Waals surface area contributed by atoms with E-state index in [2.05, 4.69) is 20.0 Å². The third-order valence-electron chi connectivity index (χ3n) is 8.07. The number of hydrogen-bond donors (Lipinski definition) is 4. The summed E-state index contributed by atoms with van der Waals surface area (Å²) in [6.07, 6.45) is -2.90. The number of nitrogen functional groups attached to an aromatic ring is 1. The molecule has 1 saturated heterocycles. The summed E-state index contributed by atoms with van der Waals surface area (Å²) in [6.45, 7) is 1.50. The quantitative estimate of drug-likeness (QED) is 0.107. The lowest BCUT2D eigenvalue weighted by atomic mass is 9.96. The first-order valence-electron chi connectivity index (χ1n) is 15.2. The zero-order chi connectivity index (χ0) is 35.8. The molecular formula is C32H33F2N6O9P. The Hall–Kier alpha value is -4.77. The predicted molar refractivity (Wildman–Crippen MR) is 174 cm³/mol.